The second-order valence-electron chi connectivity index (χ2n) is 11.6. The summed E-state index contributed by atoms with van der Waals surface area (Å²) in [4.78, 5) is 13.6. The lowest BCUT2D eigenvalue weighted by molar-refractivity contribution is -0.157. The second kappa shape index (κ2) is 9.73. The first-order valence-corrected chi connectivity index (χ1v) is 12.5. The largest absolute Gasteiger partial charge is 0.459 e. The lowest BCUT2D eigenvalue weighted by atomic mass is 9.62. The summed E-state index contributed by atoms with van der Waals surface area (Å²) in [6.45, 7) is 13.4. The second-order valence-corrected chi connectivity index (χ2v) is 12.4. The molecule has 2 aromatic rings. The number of benzene rings is 2. The van der Waals surface area contributed by atoms with Crippen molar-refractivity contribution >= 4 is 29.2 Å². The Kier molecular flexibility index (Phi) is 7.63. The molecule has 1 heterocycles. The number of esters is 1. The molecule has 2 aromatic carbocycles. The van der Waals surface area contributed by atoms with Gasteiger partial charge in [-0.25, -0.2) is 4.39 Å². The minimum Gasteiger partial charge on any atom is -0.459 e. The van der Waals surface area contributed by atoms with Crippen molar-refractivity contribution in [3.8, 4) is 6.07 Å². The van der Waals surface area contributed by atoms with E-state index in [9.17, 15) is 10.1 Å². The molecule has 0 saturated carbocycles. The van der Waals surface area contributed by atoms with Gasteiger partial charge in [0.25, 0.3) is 0 Å². The number of carbonyl (C=O) groups is 1. The van der Waals surface area contributed by atoms with E-state index in [1.165, 1.54) is 6.07 Å². The predicted octanol–water partition coefficient (Wildman–Crippen LogP) is 7.10. The van der Waals surface area contributed by atoms with Gasteiger partial charge in [-0.1, -0.05) is 62.2 Å². The van der Waals surface area contributed by atoms with Crippen LogP contribution in [0.1, 0.15) is 70.6 Å². The van der Waals surface area contributed by atoms with Gasteiger partial charge < -0.3 is 4.74 Å². The molecule has 0 spiro atoms. The maximum Gasteiger partial charge on any atom is 0.324 e. The Hall–Kier alpha value is -2.13. The molecule has 1 aliphatic heterocycles. The SMILES string of the molecule is Cc1cc(Cl)ccc1C1(C#N)C(CC(C)(C)C)NC(C(=O)OC(C)(C)C)C1c1cccc(Cl)c1F. The molecule has 35 heavy (non-hydrogen) atoms. The van der Waals surface area contributed by atoms with Crippen molar-refractivity contribution in [3.63, 3.8) is 0 Å². The molecule has 1 aliphatic rings. The molecule has 1 saturated heterocycles. The van der Waals surface area contributed by atoms with Gasteiger partial charge in [-0.05, 0) is 74.4 Å². The molecule has 4 atom stereocenters. The average Bonchev–Trinajstić information content (AvgIpc) is 3.02. The van der Waals surface area contributed by atoms with Crippen LogP contribution in [-0.2, 0) is 14.9 Å². The summed E-state index contributed by atoms with van der Waals surface area (Å²) >= 11 is 12.4. The zero-order chi connectivity index (χ0) is 26.3. The summed E-state index contributed by atoms with van der Waals surface area (Å²) in [5.74, 6) is -2.07. The van der Waals surface area contributed by atoms with Crippen LogP contribution in [0.25, 0.3) is 0 Å². The van der Waals surface area contributed by atoms with E-state index in [0.717, 1.165) is 5.56 Å². The first kappa shape index (κ1) is 27.5. The lowest BCUT2D eigenvalue weighted by Crippen LogP contribution is -2.44. The van der Waals surface area contributed by atoms with Crippen molar-refractivity contribution in [2.24, 2.45) is 5.41 Å². The molecule has 0 aromatic heterocycles. The van der Waals surface area contributed by atoms with E-state index in [-0.39, 0.29) is 16.0 Å². The Labute approximate surface area is 217 Å². The van der Waals surface area contributed by atoms with E-state index in [1.54, 1.807) is 45.0 Å². The van der Waals surface area contributed by atoms with Crippen LogP contribution in [0.4, 0.5) is 4.39 Å². The van der Waals surface area contributed by atoms with Gasteiger partial charge in [-0.3, -0.25) is 10.1 Å². The molecule has 3 rings (SSSR count). The van der Waals surface area contributed by atoms with Crippen molar-refractivity contribution in [1.82, 2.24) is 5.32 Å². The number of carbonyl (C=O) groups excluding carboxylic acids is 1. The smallest absolute Gasteiger partial charge is 0.324 e. The molecular weight excluding hydrogens is 486 g/mol. The Morgan fingerprint density at radius 1 is 1.17 bits per heavy atom. The molecule has 4 nitrogen and oxygen atoms in total. The fourth-order valence-corrected chi connectivity index (χ4v) is 5.57. The van der Waals surface area contributed by atoms with Crippen LogP contribution in [0.2, 0.25) is 10.0 Å². The monoisotopic (exact) mass is 518 g/mol. The molecule has 1 fully saturated rings. The number of ether oxygens (including phenoxy) is 1. The highest BCUT2D eigenvalue weighted by Crippen LogP contribution is 2.53. The van der Waals surface area contributed by atoms with Gasteiger partial charge in [0.2, 0.25) is 0 Å². The van der Waals surface area contributed by atoms with Gasteiger partial charge in [0.15, 0.2) is 0 Å². The maximum absolute atomic E-state index is 15.6. The van der Waals surface area contributed by atoms with Crippen LogP contribution in [0.15, 0.2) is 36.4 Å². The van der Waals surface area contributed by atoms with E-state index in [2.05, 4.69) is 32.2 Å². The molecule has 4 unspecified atom stereocenters. The summed E-state index contributed by atoms with van der Waals surface area (Å²) < 4.78 is 21.4. The van der Waals surface area contributed by atoms with E-state index >= 15 is 4.39 Å². The molecular formula is C28H33Cl2FN2O2. The first-order valence-electron chi connectivity index (χ1n) is 11.7. The van der Waals surface area contributed by atoms with E-state index in [1.807, 2.05) is 13.0 Å². The third-order valence-corrected chi connectivity index (χ3v) is 6.89. The number of nitrogens with one attached hydrogen (secondary N) is 1. The van der Waals surface area contributed by atoms with Gasteiger partial charge in [0, 0.05) is 17.0 Å². The Morgan fingerprint density at radius 2 is 1.83 bits per heavy atom. The number of hydrogen-bond acceptors (Lipinski definition) is 4. The quantitative estimate of drug-likeness (QED) is 0.438. The number of nitriles is 1. The molecule has 0 aliphatic carbocycles. The van der Waals surface area contributed by atoms with E-state index < -0.39 is 40.8 Å². The standard InChI is InChI=1S/C28H33Cl2FN2O2/c1-16-13-17(29)11-12-19(16)28(15-32)21(14-26(2,3)4)33-24(25(34)35-27(5,6)7)22(28)18-9-8-10-20(30)23(18)31/h8-13,21-22,24,33H,14H2,1-7H3. The molecule has 0 radical (unpaired) electrons. The number of hydrogen-bond donors (Lipinski definition) is 1. The molecule has 0 bridgehead atoms. The van der Waals surface area contributed by atoms with E-state index in [4.69, 9.17) is 27.9 Å². The van der Waals surface area contributed by atoms with Gasteiger partial charge in [0.1, 0.15) is 22.9 Å². The van der Waals surface area contributed by atoms with E-state index in [0.29, 0.717) is 17.0 Å². The zero-order valence-electron chi connectivity index (χ0n) is 21.3. The van der Waals surface area contributed by atoms with Crippen molar-refractivity contribution in [3.05, 3.63) is 69.0 Å². The van der Waals surface area contributed by atoms with Crippen LogP contribution >= 0.6 is 23.2 Å². The van der Waals surface area contributed by atoms with Crippen molar-refractivity contribution in [1.29, 1.82) is 5.26 Å². The highest BCUT2D eigenvalue weighted by molar-refractivity contribution is 6.31. The number of nitrogens with zero attached hydrogens (tertiary/aromatic N) is 1. The van der Waals surface area contributed by atoms with Gasteiger partial charge in [0.05, 0.1) is 11.1 Å². The summed E-state index contributed by atoms with van der Waals surface area (Å²) in [6.07, 6.45) is 0.556. The minimum atomic E-state index is -1.30. The van der Waals surface area contributed by atoms with Crippen LogP contribution in [-0.4, -0.2) is 23.7 Å². The fraction of sp³-hybridized carbons (Fsp3) is 0.500. The van der Waals surface area contributed by atoms with Crippen LogP contribution < -0.4 is 5.32 Å². The third-order valence-electron chi connectivity index (χ3n) is 6.37. The molecule has 188 valence electrons. The highest BCUT2D eigenvalue weighted by Gasteiger charge is 2.61. The average molecular weight is 519 g/mol. The maximum atomic E-state index is 15.6. The van der Waals surface area contributed by atoms with Crippen LogP contribution in [0, 0.1) is 29.5 Å². The molecule has 0 amide bonds. The third kappa shape index (κ3) is 5.50. The minimum absolute atomic E-state index is 0.0654. The highest BCUT2D eigenvalue weighted by atomic mass is 35.5. The molecule has 7 heteroatoms. The van der Waals surface area contributed by atoms with Crippen molar-refractivity contribution < 1.29 is 13.9 Å². The zero-order valence-corrected chi connectivity index (χ0v) is 22.8. The fourth-order valence-electron chi connectivity index (χ4n) is 5.17. The van der Waals surface area contributed by atoms with Crippen molar-refractivity contribution in [2.75, 3.05) is 0 Å². The summed E-state index contributed by atoms with van der Waals surface area (Å²) in [6, 6.07) is 11.1. The predicted molar refractivity (Wildman–Crippen MR) is 138 cm³/mol. The number of rotatable bonds is 4. The topological polar surface area (TPSA) is 62.1 Å². The summed E-state index contributed by atoms with van der Waals surface area (Å²) in [5.41, 5.74) is -0.564. The number of halogens is 3. The number of aryl methyl sites for hydroxylation is 1. The van der Waals surface area contributed by atoms with Gasteiger partial charge in [-0.2, -0.15) is 5.26 Å². The summed E-state index contributed by atoms with van der Waals surface area (Å²) in [7, 11) is 0. The van der Waals surface area contributed by atoms with Crippen LogP contribution in [0.3, 0.4) is 0 Å². The molecule has 1 N–H and O–H groups in total. The Morgan fingerprint density at radius 3 is 2.37 bits per heavy atom. The first-order chi connectivity index (χ1) is 16.1. The van der Waals surface area contributed by atoms with Gasteiger partial charge >= 0.3 is 5.97 Å². The Bertz CT molecular complexity index is 1160. The van der Waals surface area contributed by atoms with Crippen molar-refractivity contribution in [2.45, 2.75) is 83.9 Å². The summed E-state index contributed by atoms with van der Waals surface area (Å²) in [5, 5.41) is 14.8. The lowest BCUT2D eigenvalue weighted by Gasteiger charge is -2.38. The van der Waals surface area contributed by atoms with Crippen LogP contribution in [0.5, 0.6) is 0 Å². The normalized spacial score (nSPS) is 24.8. The Balaban J connectivity index is 2.37. The van der Waals surface area contributed by atoms with Gasteiger partial charge in [-0.15, -0.1) is 0 Å².